The highest BCUT2D eigenvalue weighted by Gasteiger charge is 2.13. The topological polar surface area (TPSA) is 29.1 Å². The number of hydrogen-bond acceptors (Lipinski definition) is 2. The van der Waals surface area contributed by atoms with E-state index in [1.165, 1.54) is 34.0 Å². The van der Waals surface area contributed by atoms with Crippen molar-refractivity contribution >= 4 is 29.3 Å². The van der Waals surface area contributed by atoms with Gasteiger partial charge in [0.05, 0.1) is 11.8 Å². The van der Waals surface area contributed by atoms with E-state index in [1.54, 1.807) is 0 Å². The van der Waals surface area contributed by atoms with Crippen molar-refractivity contribution < 1.29 is 4.79 Å². The minimum Gasteiger partial charge on any atom is -0.349 e. The van der Waals surface area contributed by atoms with Gasteiger partial charge in [0.15, 0.2) is 0 Å². The Hall–Kier alpha value is -1.45. The Labute approximate surface area is 147 Å². The summed E-state index contributed by atoms with van der Waals surface area (Å²) < 4.78 is 0. The highest BCUT2D eigenvalue weighted by molar-refractivity contribution is 8.00. The monoisotopic (exact) mass is 347 g/mol. The first-order valence-electron chi connectivity index (χ1n) is 7.62. The lowest BCUT2D eigenvalue weighted by atomic mass is 9.96. The molecule has 0 aliphatic heterocycles. The summed E-state index contributed by atoms with van der Waals surface area (Å²) in [4.78, 5) is 13.2. The van der Waals surface area contributed by atoms with Gasteiger partial charge in [0.2, 0.25) is 5.91 Å². The first-order chi connectivity index (χ1) is 10.9. The van der Waals surface area contributed by atoms with Gasteiger partial charge in [0.25, 0.3) is 0 Å². The third-order valence-corrected chi connectivity index (χ3v) is 5.17. The summed E-state index contributed by atoms with van der Waals surface area (Å²) in [6, 6.07) is 11.9. The quantitative estimate of drug-likeness (QED) is 0.750. The van der Waals surface area contributed by atoms with Crippen molar-refractivity contribution in [2.45, 2.75) is 38.6 Å². The fourth-order valence-electron chi connectivity index (χ4n) is 2.49. The molecule has 1 amide bonds. The fourth-order valence-corrected chi connectivity index (χ4v) is 3.33. The Balaban J connectivity index is 1.94. The van der Waals surface area contributed by atoms with Crippen LogP contribution in [0.5, 0.6) is 0 Å². The number of halogens is 1. The molecule has 0 fully saturated rings. The van der Waals surface area contributed by atoms with Crippen molar-refractivity contribution in [3.05, 3.63) is 63.7 Å². The molecule has 1 atom stereocenters. The molecule has 0 unspecified atom stereocenters. The summed E-state index contributed by atoms with van der Waals surface area (Å²) in [6.45, 7) is 8.33. The predicted octanol–water partition coefficient (Wildman–Crippen LogP) is 5.23. The van der Waals surface area contributed by atoms with Crippen LogP contribution in [0.2, 0.25) is 5.02 Å². The molecule has 0 saturated heterocycles. The van der Waals surface area contributed by atoms with Crippen LogP contribution < -0.4 is 5.32 Å². The van der Waals surface area contributed by atoms with Crippen molar-refractivity contribution in [1.82, 2.24) is 5.32 Å². The van der Waals surface area contributed by atoms with Gasteiger partial charge >= 0.3 is 0 Å². The van der Waals surface area contributed by atoms with E-state index >= 15 is 0 Å². The Morgan fingerprint density at radius 2 is 1.70 bits per heavy atom. The number of benzene rings is 2. The van der Waals surface area contributed by atoms with Crippen LogP contribution in [0, 0.1) is 20.8 Å². The smallest absolute Gasteiger partial charge is 0.230 e. The number of nitrogens with one attached hydrogen (secondary N) is 1. The summed E-state index contributed by atoms with van der Waals surface area (Å²) in [5.74, 6) is 0.436. The number of carbonyl (C=O) groups excluding carboxylic acids is 1. The molecule has 2 rings (SSSR count). The third kappa shape index (κ3) is 5.02. The van der Waals surface area contributed by atoms with Crippen LogP contribution in [0.3, 0.4) is 0 Å². The average Bonchev–Trinajstić information content (AvgIpc) is 2.50. The van der Waals surface area contributed by atoms with Gasteiger partial charge in [-0.2, -0.15) is 0 Å². The Bertz CT molecular complexity index is 697. The Kier molecular flexibility index (Phi) is 6.14. The minimum atomic E-state index is 0.00705. The molecule has 0 heterocycles. The predicted molar refractivity (Wildman–Crippen MR) is 99.4 cm³/mol. The van der Waals surface area contributed by atoms with Crippen molar-refractivity contribution in [3.63, 3.8) is 0 Å². The molecule has 2 nitrogen and oxygen atoms in total. The van der Waals surface area contributed by atoms with E-state index in [0.29, 0.717) is 10.8 Å². The molecule has 1 N–H and O–H groups in total. The maximum Gasteiger partial charge on any atom is 0.230 e. The van der Waals surface area contributed by atoms with Gasteiger partial charge in [-0.1, -0.05) is 23.7 Å². The molecule has 2 aromatic carbocycles. The van der Waals surface area contributed by atoms with Gasteiger partial charge in [-0.25, -0.2) is 0 Å². The summed E-state index contributed by atoms with van der Waals surface area (Å²) in [5, 5.41) is 3.79. The van der Waals surface area contributed by atoms with Crippen LogP contribution >= 0.6 is 23.4 Å². The van der Waals surface area contributed by atoms with Gasteiger partial charge in [-0.15, -0.1) is 11.8 Å². The summed E-state index contributed by atoms with van der Waals surface area (Å²) >= 11 is 7.37. The lowest BCUT2D eigenvalue weighted by Crippen LogP contribution is -2.28. The number of thioether (sulfide) groups is 1. The van der Waals surface area contributed by atoms with E-state index in [-0.39, 0.29) is 11.9 Å². The lowest BCUT2D eigenvalue weighted by Gasteiger charge is -2.18. The number of amides is 1. The zero-order valence-corrected chi connectivity index (χ0v) is 15.5. The van der Waals surface area contributed by atoms with E-state index in [0.717, 1.165) is 4.90 Å². The normalized spacial score (nSPS) is 12.0. The van der Waals surface area contributed by atoms with Crippen molar-refractivity contribution in [1.29, 1.82) is 0 Å². The first kappa shape index (κ1) is 17.9. The van der Waals surface area contributed by atoms with Gasteiger partial charge in [0, 0.05) is 9.92 Å². The molecule has 0 aliphatic rings. The van der Waals surface area contributed by atoms with Crippen LogP contribution in [0.15, 0.2) is 41.3 Å². The fraction of sp³-hybridized carbons (Fsp3) is 0.316. The van der Waals surface area contributed by atoms with E-state index in [2.05, 4.69) is 38.2 Å². The average molecular weight is 348 g/mol. The van der Waals surface area contributed by atoms with E-state index in [1.807, 2.05) is 31.2 Å². The Morgan fingerprint density at radius 1 is 1.09 bits per heavy atom. The van der Waals surface area contributed by atoms with E-state index in [9.17, 15) is 4.79 Å². The van der Waals surface area contributed by atoms with E-state index < -0.39 is 0 Å². The second kappa shape index (κ2) is 7.89. The maximum atomic E-state index is 12.2. The highest BCUT2D eigenvalue weighted by Crippen LogP contribution is 2.23. The second-order valence-electron chi connectivity index (χ2n) is 5.82. The summed E-state index contributed by atoms with van der Waals surface area (Å²) in [6.07, 6.45) is 0. The minimum absolute atomic E-state index is 0.00705. The standard InChI is InChI=1S/C19H22ClNOS/c1-12-9-14(3)18(10-13(12)2)15(4)21-19(22)11-23-17-7-5-16(20)6-8-17/h5-10,15H,11H2,1-4H3,(H,21,22)/t15-/m1/s1. The van der Waals surface area contributed by atoms with Gasteiger partial charge < -0.3 is 5.32 Å². The molecule has 2 aromatic rings. The van der Waals surface area contributed by atoms with Crippen LogP contribution in [-0.4, -0.2) is 11.7 Å². The molecule has 0 bridgehead atoms. The maximum absolute atomic E-state index is 12.2. The highest BCUT2D eigenvalue weighted by atomic mass is 35.5. The molecule has 0 aliphatic carbocycles. The molecule has 122 valence electrons. The van der Waals surface area contributed by atoms with Gasteiger partial charge in [-0.3, -0.25) is 4.79 Å². The molecule has 23 heavy (non-hydrogen) atoms. The van der Waals surface area contributed by atoms with Crippen molar-refractivity contribution in [2.75, 3.05) is 5.75 Å². The largest absolute Gasteiger partial charge is 0.349 e. The van der Waals surface area contributed by atoms with Crippen LogP contribution in [-0.2, 0) is 4.79 Å². The molecular formula is C19H22ClNOS. The van der Waals surface area contributed by atoms with Crippen molar-refractivity contribution in [3.8, 4) is 0 Å². The van der Waals surface area contributed by atoms with Gasteiger partial charge in [0.1, 0.15) is 0 Å². The van der Waals surface area contributed by atoms with E-state index in [4.69, 9.17) is 11.6 Å². The first-order valence-corrected chi connectivity index (χ1v) is 8.98. The second-order valence-corrected chi connectivity index (χ2v) is 7.31. The molecule has 0 spiro atoms. The van der Waals surface area contributed by atoms with Crippen LogP contribution in [0.1, 0.15) is 35.2 Å². The Morgan fingerprint density at radius 3 is 2.35 bits per heavy atom. The summed E-state index contributed by atoms with van der Waals surface area (Å²) in [5.41, 5.74) is 4.93. The number of hydrogen-bond donors (Lipinski definition) is 1. The molecular weight excluding hydrogens is 326 g/mol. The molecule has 4 heteroatoms. The lowest BCUT2D eigenvalue weighted by molar-refractivity contribution is -0.119. The molecule has 0 radical (unpaired) electrons. The van der Waals surface area contributed by atoms with Crippen LogP contribution in [0.4, 0.5) is 0 Å². The van der Waals surface area contributed by atoms with Gasteiger partial charge in [-0.05, 0) is 74.2 Å². The summed E-state index contributed by atoms with van der Waals surface area (Å²) in [7, 11) is 0. The van der Waals surface area contributed by atoms with Crippen molar-refractivity contribution in [2.24, 2.45) is 0 Å². The number of carbonyl (C=O) groups is 1. The zero-order chi connectivity index (χ0) is 17.0. The molecule has 0 saturated carbocycles. The SMILES string of the molecule is Cc1cc(C)c([C@@H](C)NC(=O)CSc2ccc(Cl)cc2)cc1C. The number of aryl methyl sites for hydroxylation is 3. The number of rotatable bonds is 5. The zero-order valence-electron chi connectivity index (χ0n) is 13.9. The molecule has 0 aromatic heterocycles. The van der Waals surface area contributed by atoms with Crippen LogP contribution in [0.25, 0.3) is 0 Å². The third-order valence-electron chi connectivity index (χ3n) is 3.91.